The highest BCUT2D eigenvalue weighted by atomic mass is 31.1. The van der Waals surface area contributed by atoms with Crippen molar-refractivity contribution >= 4 is 59.5 Å². The number of carbonyl (C=O) groups is 6. The zero-order chi connectivity index (χ0) is 50.1. The van der Waals surface area contributed by atoms with Crippen LogP contribution in [0.15, 0.2) is 78.9 Å². The average Bonchev–Trinajstić information content (AvgIpc) is 3.24. The minimum atomic E-state index is -1.24. The van der Waals surface area contributed by atoms with Gasteiger partial charge >= 0.3 is 23.9 Å². The van der Waals surface area contributed by atoms with Gasteiger partial charge in [0.05, 0.1) is 38.9 Å². The summed E-state index contributed by atoms with van der Waals surface area (Å²) in [6.07, 6.45) is 0. The van der Waals surface area contributed by atoms with Crippen LogP contribution in [0.2, 0.25) is 0 Å². The molecular weight excluding hydrogens is 888 g/mol. The molecule has 0 bridgehead atoms. The maximum Gasteiger partial charge on any atom is 0.338 e. The predicted molar refractivity (Wildman–Crippen MR) is 265 cm³/mol. The molecule has 68 heavy (non-hydrogen) atoms. The number of methoxy groups -OCH3 is 1. The minimum Gasteiger partial charge on any atom is -0.465 e. The summed E-state index contributed by atoms with van der Waals surface area (Å²) >= 11 is 0. The highest BCUT2D eigenvalue weighted by Crippen LogP contribution is 2.34. The van der Waals surface area contributed by atoms with Crippen LogP contribution < -0.4 is 26.5 Å². The van der Waals surface area contributed by atoms with Crippen molar-refractivity contribution in [1.82, 2.24) is 30.2 Å². The van der Waals surface area contributed by atoms with Gasteiger partial charge in [0.2, 0.25) is 5.91 Å². The fourth-order valence-corrected chi connectivity index (χ4v) is 9.81. The van der Waals surface area contributed by atoms with E-state index in [-0.39, 0.29) is 69.0 Å². The lowest BCUT2D eigenvalue weighted by atomic mass is 10.1. The van der Waals surface area contributed by atoms with Crippen LogP contribution in [0.25, 0.3) is 0 Å². The first kappa shape index (κ1) is 55.3. The second kappa shape index (κ2) is 25.9. The summed E-state index contributed by atoms with van der Waals surface area (Å²) in [5.41, 5.74) is -1.29. The number of benzene rings is 3. The molecule has 2 N–H and O–H groups in total. The molecule has 17 heteroatoms. The van der Waals surface area contributed by atoms with E-state index in [9.17, 15) is 28.8 Å². The normalized spacial score (nSPS) is 15.3. The standard InChI is InChI=1S/C51H73N6O10P/c1-49(2,3)65-44(59)35-55-27-25-54(26-28-56(36-45(60)66-50(4,5)6)30-32-57(31-29-55)37-46(61)67-51(7,8)9)34-43(58)52-23-24-53-47(62)38-21-22-41(48(63)64-10)42(33-38)68(39-17-13-11-14-18-39)40-19-15-12-16-20-40/h11-22,33H,23-32,34-37H2,1-10H3,(H,52,58)(H,53,62). The number of rotatable bonds is 16. The second-order valence-corrected chi connectivity index (χ2v) is 21.9. The lowest BCUT2D eigenvalue weighted by Gasteiger charge is -2.34. The molecule has 1 heterocycles. The molecule has 4 rings (SSSR count). The number of nitrogens with zero attached hydrogens (tertiary/aromatic N) is 4. The number of nitrogens with one attached hydrogen (secondary N) is 2. The SMILES string of the molecule is COC(=O)c1ccc(C(=O)NCCNC(=O)CN2CCN(CC(=O)OC(C)(C)C)CCN(CC(=O)OC(C)(C)C)CCN(CC(=O)OC(C)(C)C)CC2)cc1P(c1ccccc1)c1ccccc1. The maximum atomic E-state index is 13.6. The summed E-state index contributed by atoms with van der Waals surface area (Å²) in [7, 11) is 0.0956. The summed E-state index contributed by atoms with van der Waals surface area (Å²) in [4.78, 5) is 87.4. The van der Waals surface area contributed by atoms with Crippen molar-refractivity contribution in [2.75, 3.05) is 98.7 Å². The molecule has 1 saturated heterocycles. The smallest absolute Gasteiger partial charge is 0.338 e. The van der Waals surface area contributed by atoms with Gasteiger partial charge in [-0.05, 0) is 99.0 Å². The van der Waals surface area contributed by atoms with Gasteiger partial charge in [0.1, 0.15) is 16.8 Å². The molecule has 16 nitrogen and oxygen atoms in total. The number of amides is 2. The van der Waals surface area contributed by atoms with Gasteiger partial charge in [-0.2, -0.15) is 0 Å². The number of esters is 4. The topological polar surface area (TPSA) is 176 Å². The Morgan fingerprint density at radius 2 is 0.882 bits per heavy atom. The Morgan fingerprint density at radius 3 is 1.25 bits per heavy atom. The monoisotopic (exact) mass is 961 g/mol. The molecule has 3 aromatic rings. The highest BCUT2D eigenvalue weighted by Gasteiger charge is 2.28. The van der Waals surface area contributed by atoms with Crippen LogP contribution in [0.1, 0.15) is 83.0 Å². The number of carbonyl (C=O) groups excluding carboxylic acids is 6. The van der Waals surface area contributed by atoms with Crippen LogP contribution >= 0.6 is 7.92 Å². The zero-order valence-electron chi connectivity index (χ0n) is 41.7. The maximum absolute atomic E-state index is 13.6. The fourth-order valence-electron chi connectivity index (χ4n) is 7.34. The quantitative estimate of drug-likeness (QED) is 0.0926. The van der Waals surface area contributed by atoms with E-state index in [0.717, 1.165) is 10.6 Å². The average molecular weight is 961 g/mol. The van der Waals surface area contributed by atoms with E-state index in [4.69, 9.17) is 18.9 Å². The lowest BCUT2D eigenvalue weighted by molar-refractivity contribution is -0.158. The van der Waals surface area contributed by atoms with E-state index in [1.54, 1.807) is 18.2 Å². The van der Waals surface area contributed by atoms with Gasteiger partial charge < -0.3 is 29.6 Å². The first-order valence-electron chi connectivity index (χ1n) is 23.2. The molecule has 0 atom stereocenters. The van der Waals surface area contributed by atoms with E-state index in [1.807, 2.05) is 143 Å². The third-order valence-electron chi connectivity index (χ3n) is 10.3. The Balaban J connectivity index is 1.47. The molecule has 2 amide bonds. The zero-order valence-corrected chi connectivity index (χ0v) is 42.6. The molecule has 0 spiro atoms. The van der Waals surface area contributed by atoms with Crippen LogP contribution in [-0.2, 0) is 38.1 Å². The van der Waals surface area contributed by atoms with Crippen molar-refractivity contribution in [2.24, 2.45) is 0 Å². The van der Waals surface area contributed by atoms with Gasteiger partial charge in [-0.1, -0.05) is 60.7 Å². The predicted octanol–water partition coefficient (Wildman–Crippen LogP) is 3.32. The molecule has 1 aliphatic rings. The summed E-state index contributed by atoms with van der Waals surface area (Å²) in [6, 6.07) is 24.7. The minimum absolute atomic E-state index is 0.00908. The lowest BCUT2D eigenvalue weighted by Crippen LogP contribution is -2.50. The molecule has 3 aromatic carbocycles. The second-order valence-electron chi connectivity index (χ2n) is 19.7. The molecule has 0 saturated carbocycles. The number of hydrogen-bond donors (Lipinski definition) is 2. The molecule has 372 valence electrons. The Kier molecular flexibility index (Phi) is 21.1. The van der Waals surface area contributed by atoms with E-state index in [0.29, 0.717) is 68.8 Å². The van der Waals surface area contributed by atoms with Crippen molar-refractivity contribution in [2.45, 2.75) is 79.1 Å². The van der Waals surface area contributed by atoms with Gasteiger partial charge in [-0.25, -0.2) is 4.79 Å². The van der Waals surface area contributed by atoms with Crippen LogP contribution in [0.3, 0.4) is 0 Å². The summed E-state index contributed by atoms with van der Waals surface area (Å²) in [5, 5.41) is 8.53. The van der Waals surface area contributed by atoms with Crippen LogP contribution in [0.5, 0.6) is 0 Å². The fraction of sp³-hybridized carbons (Fsp3) is 0.529. The van der Waals surface area contributed by atoms with Crippen molar-refractivity contribution in [3.63, 3.8) is 0 Å². The van der Waals surface area contributed by atoms with Crippen molar-refractivity contribution < 1.29 is 47.7 Å². The number of ether oxygens (including phenoxy) is 4. The third-order valence-corrected chi connectivity index (χ3v) is 12.8. The van der Waals surface area contributed by atoms with E-state index >= 15 is 0 Å². The molecule has 0 aromatic heterocycles. The van der Waals surface area contributed by atoms with Gasteiger partial charge in [0.15, 0.2) is 0 Å². The van der Waals surface area contributed by atoms with E-state index in [1.165, 1.54) is 7.11 Å². The Labute approximate surface area is 404 Å². The van der Waals surface area contributed by atoms with Crippen molar-refractivity contribution in [1.29, 1.82) is 0 Å². The molecular formula is C51H73N6O10P. The Morgan fingerprint density at radius 1 is 0.515 bits per heavy atom. The van der Waals surface area contributed by atoms with Gasteiger partial charge in [-0.3, -0.25) is 43.6 Å². The molecule has 0 radical (unpaired) electrons. The first-order chi connectivity index (χ1) is 32.0. The largest absolute Gasteiger partial charge is 0.465 e. The van der Waals surface area contributed by atoms with Gasteiger partial charge in [-0.15, -0.1) is 0 Å². The van der Waals surface area contributed by atoms with Gasteiger partial charge in [0, 0.05) is 76.3 Å². The van der Waals surface area contributed by atoms with Crippen LogP contribution in [-0.4, -0.2) is 171 Å². The third kappa shape index (κ3) is 20.1. The molecule has 0 aliphatic carbocycles. The molecule has 1 fully saturated rings. The van der Waals surface area contributed by atoms with E-state index < -0.39 is 30.7 Å². The Hall–Kier alpha value is -5.25. The van der Waals surface area contributed by atoms with Crippen molar-refractivity contribution in [3.8, 4) is 0 Å². The van der Waals surface area contributed by atoms with E-state index in [2.05, 4.69) is 10.6 Å². The van der Waals surface area contributed by atoms with Crippen LogP contribution in [0, 0.1) is 0 Å². The van der Waals surface area contributed by atoms with Crippen molar-refractivity contribution in [3.05, 3.63) is 90.0 Å². The Bertz CT molecular complexity index is 2050. The molecule has 0 unspecified atom stereocenters. The summed E-state index contributed by atoms with van der Waals surface area (Å²) in [6.45, 7) is 20.0. The number of hydrogen-bond acceptors (Lipinski definition) is 14. The summed E-state index contributed by atoms with van der Waals surface area (Å²) < 4.78 is 22.1. The highest BCUT2D eigenvalue weighted by molar-refractivity contribution is 7.80. The van der Waals surface area contributed by atoms with Crippen LogP contribution in [0.4, 0.5) is 0 Å². The summed E-state index contributed by atoms with van der Waals surface area (Å²) in [5.74, 6) is -2.29. The first-order valence-corrected chi connectivity index (χ1v) is 24.5. The van der Waals surface area contributed by atoms with Gasteiger partial charge in [0.25, 0.3) is 5.91 Å². The molecule has 1 aliphatic heterocycles.